The Balaban J connectivity index is 0.00000484. The zero-order chi connectivity index (χ0) is 16.8. The summed E-state index contributed by atoms with van der Waals surface area (Å²) in [5, 5.41) is 3.11. The van der Waals surface area contributed by atoms with Gasteiger partial charge in [0.25, 0.3) is 0 Å². The lowest BCUT2D eigenvalue weighted by molar-refractivity contribution is 0.0597. The van der Waals surface area contributed by atoms with Crippen LogP contribution in [0.4, 0.5) is 0 Å². The maximum Gasteiger partial charge on any atom is 0.341 e. The van der Waals surface area contributed by atoms with Crippen molar-refractivity contribution in [3.63, 3.8) is 0 Å². The second-order valence-electron chi connectivity index (χ2n) is 4.66. The van der Waals surface area contributed by atoms with Gasteiger partial charge in [-0.25, -0.2) is 17.9 Å². The van der Waals surface area contributed by atoms with Crippen LogP contribution in [0, 0.1) is 0 Å². The van der Waals surface area contributed by atoms with Crippen LogP contribution in [0.3, 0.4) is 0 Å². The highest BCUT2D eigenvalue weighted by Gasteiger charge is 2.20. The summed E-state index contributed by atoms with van der Waals surface area (Å²) in [4.78, 5) is 11.7. The number of rotatable bonds is 8. The van der Waals surface area contributed by atoms with Crippen molar-refractivity contribution in [2.45, 2.75) is 24.8 Å². The number of carbonyl (C=O) groups is 1. The Morgan fingerprint density at radius 1 is 1.30 bits per heavy atom. The van der Waals surface area contributed by atoms with E-state index in [1.165, 1.54) is 32.4 Å². The number of likely N-dealkylation sites (N-methyl/N-ethyl adjacent to an activating group) is 1. The van der Waals surface area contributed by atoms with Crippen LogP contribution in [0.5, 0.6) is 5.75 Å². The van der Waals surface area contributed by atoms with Crippen LogP contribution in [0.1, 0.15) is 24.2 Å². The normalized spacial score (nSPS) is 12.2. The van der Waals surface area contributed by atoms with Crippen molar-refractivity contribution < 1.29 is 22.7 Å². The molecule has 0 aromatic heterocycles. The highest BCUT2D eigenvalue weighted by atomic mass is 35.5. The van der Waals surface area contributed by atoms with E-state index in [2.05, 4.69) is 14.8 Å². The number of hydrogen-bond acceptors (Lipinski definition) is 6. The van der Waals surface area contributed by atoms with Crippen LogP contribution in [-0.2, 0) is 14.8 Å². The van der Waals surface area contributed by atoms with Gasteiger partial charge in [0, 0.05) is 12.6 Å². The number of methoxy groups -OCH3 is 2. The summed E-state index contributed by atoms with van der Waals surface area (Å²) in [7, 11) is -1.10. The molecule has 0 unspecified atom stereocenters. The first-order valence-corrected chi connectivity index (χ1v) is 8.33. The third-order valence-electron chi connectivity index (χ3n) is 3.02. The molecule has 0 saturated heterocycles. The van der Waals surface area contributed by atoms with Crippen LogP contribution < -0.4 is 14.8 Å². The van der Waals surface area contributed by atoms with Gasteiger partial charge in [-0.1, -0.05) is 6.92 Å². The van der Waals surface area contributed by atoms with E-state index >= 15 is 0 Å². The predicted molar refractivity (Wildman–Crippen MR) is 89.9 cm³/mol. The minimum atomic E-state index is -3.72. The van der Waals surface area contributed by atoms with Crippen molar-refractivity contribution >= 4 is 28.4 Å². The molecule has 1 rings (SSSR count). The van der Waals surface area contributed by atoms with E-state index in [9.17, 15) is 13.2 Å². The highest BCUT2D eigenvalue weighted by molar-refractivity contribution is 7.89. The first kappa shape index (κ1) is 21.6. The first-order valence-electron chi connectivity index (χ1n) is 6.85. The molecule has 0 bridgehead atoms. The molecule has 1 atom stereocenters. The third kappa shape index (κ3) is 5.98. The van der Waals surface area contributed by atoms with Gasteiger partial charge in [0.15, 0.2) is 0 Å². The van der Waals surface area contributed by atoms with Gasteiger partial charge >= 0.3 is 5.97 Å². The quantitative estimate of drug-likeness (QED) is 0.671. The van der Waals surface area contributed by atoms with E-state index < -0.39 is 16.0 Å². The van der Waals surface area contributed by atoms with Gasteiger partial charge in [-0.2, -0.15) is 0 Å². The number of sulfonamides is 1. The minimum absolute atomic E-state index is 0. The molecule has 0 fully saturated rings. The number of halogens is 1. The Hall–Kier alpha value is -1.35. The molecule has 1 aromatic carbocycles. The fourth-order valence-electron chi connectivity index (χ4n) is 1.86. The fraction of sp³-hybridized carbons (Fsp3) is 0.500. The number of hydrogen-bond donors (Lipinski definition) is 2. The summed E-state index contributed by atoms with van der Waals surface area (Å²) in [6.45, 7) is 4.81. The highest BCUT2D eigenvalue weighted by Crippen LogP contribution is 2.23. The number of ether oxygens (including phenoxy) is 2. The maximum atomic E-state index is 12.3. The average Bonchev–Trinajstić information content (AvgIpc) is 2.52. The molecular formula is C14H23ClN2O5S. The van der Waals surface area contributed by atoms with Gasteiger partial charge in [-0.3, -0.25) is 0 Å². The molecule has 0 saturated carbocycles. The van der Waals surface area contributed by atoms with Crippen molar-refractivity contribution in [1.29, 1.82) is 0 Å². The van der Waals surface area contributed by atoms with E-state index in [1.807, 2.05) is 13.8 Å². The molecule has 0 amide bonds. The monoisotopic (exact) mass is 366 g/mol. The lowest BCUT2D eigenvalue weighted by atomic mass is 10.2. The maximum absolute atomic E-state index is 12.3. The summed E-state index contributed by atoms with van der Waals surface area (Å²) >= 11 is 0. The minimum Gasteiger partial charge on any atom is -0.496 e. The SMILES string of the molecule is CCN[C@H](C)CNS(=O)(=O)c1ccc(OC)c(C(=O)OC)c1.Cl. The number of benzene rings is 1. The summed E-state index contributed by atoms with van der Waals surface area (Å²) < 4.78 is 36.7. The van der Waals surface area contributed by atoms with Crippen molar-refractivity contribution in [3.05, 3.63) is 23.8 Å². The molecule has 2 N–H and O–H groups in total. The standard InChI is InChI=1S/C14H22N2O5S.ClH/c1-5-15-10(2)9-16-22(18,19)11-6-7-13(20-3)12(8-11)14(17)21-4;/h6-8,10,15-16H,5,9H2,1-4H3;1H/t10-;/m1./s1. The van der Waals surface area contributed by atoms with Crippen LogP contribution in [0.25, 0.3) is 0 Å². The molecule has 23 heavy (non-hydrogen) atoms. The topological polar surface area (TPSA) is 93.7 Å². The molecule has 0 radical (unpaired) electrons. The summed E-state index contributed by atoms with van der Waals surface area (Å²) in [6, 6.07) is 4.04. The largest absolute Gasteiger partial charge is 0.496 e. The van der Waals surface area contributed by atoms with Crippen molar-refractivity contribution in [2.75, 3.05) is 27.3 Å². The van der Waals surface area contributed by atoms with Gasteiger partial charge in [0.05, 0.1) is 19.1 Å². The zero-order valence-electron chi connectivity index (χ0n) is 13.6. The number of carbonyl (C=O) groups excluding carboxylic acids is 1. The molecule has 0 aliphatic heterocycles. The predicted octanol–water partition coefficient (Wildman–Crippen LogP) is 1.18. The van der Waals surface area contributed by atoms with E-state index in [1.54, 1.807) is 0 Å². The van der Waals surface area contributed by atoms with E-state index in [-0.39, 0.29) is 41.2 Å². The Morgan fingerprint density at radius 3 is 2.48 bits per heavy atom. The third-order valence-corrected chi connectivity index (χ3v) is 4.44. The second-order valence-corrected chi connectivity index (χ2v) is 6.43. The Morgan fingerprint density at radius 2 is 1.96 bits per heavy atom. The average molecular weight is 367 g/mol. The van der Waals surface area contributed by atoms with Gasteiger partial charge in [0.2, 0.25) is 10.0 Å². The number of esters is 1. The molecule has 9 heteroatoms. The van der Waals surface area contributed by atoms with Gasteiger partial charge in [0.1, 0.15) is 11.3 Å². The van der Waals surface area contributed by atoms with E-state index in [0.29, 0.717) is 0 Å². The fourth-order valence-corrected chi connectivity index (χ4v) is 3.02. The summed E-state index contributed by atoms with van der Waals surface area (Å²) in [5.41, 5.74) is 0.0626. The lowest BCUT2D eigenvalue weighted by Gasteiger charge is -2.14. The Bertz CT molecular complexity index is 622. The second kappa shape index (κ2) is 9.71. The van der Waals surface area contributed by atoms with Crippen LogP contribution in [0.15, 0.2) is 23.1 Å². The first-order chi connectivity index (χ1) is 10.4. The van der Waals surface area contributed by atoms with Gasteiger partial charge in [-0.05, 0) is 31.7 Å². The molecule has 0 aliphatic carbocycles. The molecule has 132 valence electrons. The van der Waals surface area contributed by atoms with Crippen molar-refractivity contribution in [3.8, 4) is 5.75 Å². The summed E-state index contributed by atoms with van der Waals surface area (Å²) in [5.74, 6) is -0.401. The zero-order valence-corrected chi connectivity index (χ0v) is 15.2. The molecule has 7 nitrogen and oxygen atoms in total. The van der Waals surface area contributed by atoms with Crippen molar-refractivity contribution in [1.82, 2.24) is 10.0 Å². The molecule has 1 aromatic rings. The summed E-state index contributed by atoms with van der Waals surface area (Å²) in [6.07, 6.45) is 0. The Kier molecular flexibility index (Phi) is 9.14. The van der Waals surface area contributed by atoms with Gasteiger partial charge in [-0.15, -0.1) is 12.4 Å². The molecule has 0 spiro atoms. The number of nitrogens with one attached hydrogen (secondary N) is 2. The Labute approximate surface area is 143 Å². The van der Waals surface area contributed by atoms with E-state index in [4.69, 9.17) is 4.74 Å². The lowest BCUT2D eigenvalue weighted by Crippen LogP contribution is -2.38. The molecule has 0 aliphatic rings. The smallest absolute Gasteiger partial charge is 0.341 e. The molecule has 0 heterocycles. The van der Waals surface area contributed by atoms with Crippen LogP contribution in [-0.4, -0.2) is 47.7 Å². The van der Waals surface area contributed by atoms with Crippen LogP contribution in [0.2, 0.25) is 0 Å². The molecular weight excluding hydrogens is 344 g/mol. The van der Waals surface area contributed by atoms with Crippen LogP contribution >= 0.6 is 12.4 Å². The van der Waals surface area contributed by atoms with Crippen molar-refractivity contribution in [2.24, 2.45) is 0 Å². The van der Waals surface area contributed by atoms with E-state index in [0.717, 1.165) is 6.54 Å². The van der Waals surface area contributed by atoms with Gasteiger partial charge < -0.3 is 14.8 Å².